The molecular weight excluding hydrogens is 488 g/mol. The lowest BCUT2D eigenvalue weighted by Gasteiger charge is -2.30. The number of aromatic nitrogens is 1. The zero-order valence-electron chi connectivity index (χ0n) is 20.4. The lowest BCUT2D eigenvalue weighted by atomic mass is 9.91. The van der Waals surface area contributed by atoms with E-state index >= 15 is 0 Å². The Morgan fingerprint density at radius 1 is 1.14 bits per heavy atom. The van der Waals surface area contributed by atoms with Crippen molar-refractivity contribution in [1.29, 1.82) is 0 Å². The standard InChI is InChI=1S/C27H28F4N4O2/c1-15(2)25(36)33-18-6-3-5-16(11-18)26(37)34-20-8-4-7-19(13-20)32-23-14-24(27(29,30)31)35-22-10-9-17(28)12-21(22)23/h3,5-6,9-12,14-15,19-20H,4,7-8,13H2,1-2H3,(H,32,35)(H,33,36)(H,34,37)/p-1. The van der Waals surface area contributed by atoms with E-state index < -0.39 is 23.6 Å². The summed E-state index contributed by atoms with van der Waals surface area (Å²) in [5, 5.41) is 19.0. The number of rotatable bonds is 6. The van der Waals surface area contributed by atoms with Crippen molar-refractivity contribution >= 4 is 34.1 Å². The number of nitrogens with zero attached hydrogens (tertiary/aromatic N) is 2. The quantitative estimate of drug-likeness (QED) is 0.257. The van der Waals surface area contributed by atoms with Gasteiger partial charge in [0.2, 0.25) is 5.91 Å². The van der Waals surface area contributed by atoms with Crippen LogP contribution in [-0.4, -0.2) is 28.9 Å². The number of aliphatic imine (C=N–C) groups is 1. The van der Waals surface area contributed by atoms with Crippen LogP contribution in [0.2, 0.25) is 0 Å². The Labute approximate surface area is 211 Å². The van der Waals surface area contributed by atoms with E-state index in [4.69, 9.17) is 0 Å². The monoisotopic (exact) mass is 515 g/mol. The molecule has 1 fully saturated rings. The van der Waals surface area contributed by atoms with E-state index in [9.17, 15) is 27.5 Å². The molecule has 1 aromatic heterocycles. The van der Waals surface area contributed by atoms with Gasteiger partial charge in [0, 0.05) is 28.7 Å². The number of fused-ring (bicyclic) bond motifs is 1. The van der Waals surface area contributed by atoms with E-state index in [1.165, 1.54) is 6.07 Å². The van der Waals surface area contributed by atoms with Crippen LogP contribution in [0.5, 0.6) is 0 Å². The smallest absolute Gasteiger partial charge is 0.433 e. The Bertz CT molecular complexity index is 1320. The average molecular weight is 516 g/mol. The third kappa shape index (κ3) is 6.55. The number of alkyl halides is 3. The molecule has 37 heavy (non-hydrogen) atoms. The van der Waals surface area contributed by atoms with Crippen LogP contribution in [0.25, 0.3) is 10.9 Å². The van der Waals surface area contributed by atoms with Gasteiger partial charge >= 0.3 is 6.18 Å². The highest BCUT2D eigenvalue weighted by molar-refractivity contribution is 5.96. The Hall–Kier alpha value is -3.69. The summed E-state index contributed by atoms with van der Waals surface area (Å²) in [5.74, 6) is -1.38. The number of hydrogen-bond acceptors (Lipinski definition) is 5. The summed E-state index contributed by atoms with van der Waals surface area (Å²) < 4.78 is 54.1. The molecule has 1 heterocycles. The van der Waals surface area contributed by atoms with Crippen molar-refractivity contribution in [3.05, 3.63) is 65.6 Å². The van der Waals surface area contributed by atoms with Crippen LogP contribution in [0.3, 0.4) is 0 Å². The molecular formula is C27H27F4N4O2-. The Morgan fingerprint density at radius 2 is 1.92 bits per heavy atom. The molecule has 4 rings (SSSR count). The van der Waals surface area contributed by atoms with Gasteiger partial charge < -0.3 is 15.7 Å². The van der Waals surface area contributed by atoms with E-state index in [-0.39, 0.29) is 40.5 Å². The van der Waals surface area contributed by atoms with Gasteiger partial charge in [0.1, 0.15) is 11.5 Å². The highest BCUT2D eigenvalue weighted by atomic mass is 19.4. The van der Waals surface area contributed by atoms with Crippen LogP contribution < -0.4 is 15.7 Å². The fraction of sp³-hybridized carbons (Fsp3) is 0.370. The largest absolute Gasteiger partial charge is 0.858 e. The second-order valence-corrected chi connectivity index (χ2v) is 9.53. The number of anilines is 2. The lowest BCUT2D eigenvalue weighted by molar-refractivity contribution is -0.213. The van der Waals surface area contributed by atoms with Crippen LogP contribution in [-0.2, 0) is 11.0 Å². The van der Waals surface area contributed by atoms with Gasteiger partial charge in [0.15, 0.2) is 0 Å². The van der Waals surface area contributed by atoms with E-state index in [0.29, 0.717) is 36.9 Å². The first kappa shape index (κ1) is 26.4. The number of pyridine rings is 1. The molecule has 6 nitrogen and oxygen atoms in total. The molecule has 1 saturated carbocycles. The van der Waals surface area contributed by atoms with E-state index in [1.54, 1.807) is 38.1 Å². The van der Waals surface area contributed by atoms with Gasteiger partial charge in [-0.1, -0.05) is 26.0 Å². The van der Waals surface area contributed by atoms with E-state index in [0.717, 1.165) is 18.2 Å². The molecule has 1 amide bonds. The van der Waals surface area contributed by atoms with Crippen molar-refractivity contribution in [2.45, 2.75) is 57.8 Å². The maximum absolute atomic E-state index is 13.9. The number of carbonyl (C=O) groups is 1. The predicted molar refractivity (Wildman–Crippen MR) is 133 cm³/mol. The molecule has 10 heteroatoms. The molecule has 1 aliphatic rings. The first-order valence-corrected chi connectivity index (χ1v) is 12.1. The fourth-order valence-corrected chi connectivity index (χ4v) is 4.35. The zero-order chi connectivity index (χ0) is 26.7. The number of carbonyl (C=O) groups excluding carboxylic acids is 1. The van der Waals surface area contributed by atoms with Crippen LogP contribution in [0.1, 0.15) is 50.8 Å². The van der Waals surface area contributed by atoms with Crippen LogP contribution in [0.15, 0.2) is 53.5 Å². The molecule has 0 spiro atoms. The Balaban J connectivity index is 1.53. The summed E-state index contributed by atoms with van der Waals surface area (Å²) >= 11 is 0. The first-order valence-electron chi connectivity index (χ1n) is 12.1. The molecule has 1 aliphatic carbocycles. The molecule has 0 bridgehead atoms. The lowest BCUT2D eigenvalue weighted by Crippen LogP contribution is -2.31. The van der Waals surface area contributed by atoms with Crippen molar-refractivity contribution in [3.63, 3.8) is 0 Å². The molecule has 3 aromatic rings. The minimum atomic E-state index is -4.65. The summed E-state index contributed by atoms with van der Waals surface area (Å²) in [5.41, 5.74) is -0.0502. The van der Waals surface area contributed by atoms with E-state index in [2.05, 4.69) is 20.6 Å². The molecule has 0 saturated heterocycles. The summed E-state index contributed by atoms with van der Waals surface area (Å²) in [4.78, 5) is 19.9. The molecule has 0 aliphatic heterocycles. The molecule has 0 radical (unpaired) electrons. The van der Waals surface area contributed by atoms with Gasteiger partial charge in [-0.15, -0.1) is 0 Å². The molecule has 2 aromatic carbocycles. The highest BCUT2D eigenvalue weighted by Crippen LogP contribution is 2.35. The van der Waals surface area contributed by atoms with Gasteiger partial charge in [-0.25, -0.2) is 9.37 Å². The Kier molecular flexibility index (Phi) is 7.65. The SMILES string of the molecule is CC(C)C(=O)Nc1cccc(C([O-])=NC2CCCC(Nc3cc(C(F)(F)F)nc4ccc(F)cc34)C2)c1. The third-order valence-corrected chi connectivity index (χ3v) is 6.27. The predicted octanol–water partition coefficient (Wildman–Crippen LogP) is 5.52. The van der Waals surface area contributed by atoms with Crippen molar-refractivity contribution in [3.8, 4) is 0 Å². The van der Waals surface area contributed by atoms with Crippen molar-refractivity contribution in [2.24, 2.45) is 10.9 Å². The van der Waals surface area contributed by atoms with Gasteiger partial charge in [0.05, 0.1) is 11.6 Å². The molecule has 2 unspecified atom stereocenters. The van der Waals surface area contributed by atoms with Crippen LogP contribution in [0.4, 0.5) is 28.9 Å². The van der Waals surface area contributed by atoms with Crippen molar-refractivity contribution in [2.75, 3.05) is 10.6 Å². The van der Waals surface area contributed by atoms with Crippen molar-refractivity contribution < 1.29 is 27.5 Å². The maximum Gasteiger partial charge on any atom is 0.433 e. The topological polar surface area (TPSA) is 89.4 Å². The minimum Gasteiger partial charge on any atom is -0.858 e. The van der Waals surface area contributed by atoms with Gasteiger partial charge in [-0.2, -0.15) is 13.2 Å². The van der Waals surface area contributed by atoms with Gasteiger partial charge in [-0.05, 0) is 73.5 Å². The summed E-state index contributed by atoms with van der Waals surface area (Å²) in [6.07, 6.45) is -2.19. The second kappa shape index (κ2) is 10.7. The number of hydrogen-bond donors (Lipinski definition) is 2. The molecule has 196 valence electrons. The summed E-state index contributed by atoms with van der Waals surface area (Å²) in [6, 6.07) is 10.3. The highest BCUT2D eigenvalue weighted by Gasteiger charge is 2.34. The van der Waals surface area contributed by atoms with Crippen LogP contribution >= 0.6 is 0 Å². The summed E-state index contributed by atoms with van der Waals surface area (Å²) in [7, 11) is 0. The average Bonchev–Trinajstić information content (AvgIpc) is 2.84. The van der Waals surface area contributed by atoms with E-state index in [1.807, 2.05) is 0 Å². The first-order chi connectivity index (χ1) is 17.5. The number of halogens is 4. The molecule has 2 N–H and O–H groups in total. The number of nitrogens with one attached hydrogen (secondary N) is 2. The van der Waals surface area contributed by atoms with Crippen LogP contribution in [0, 0.1) is 11.7 Å². The normalized spacial score (nSPS) is 18.7. The number of amides is 1. The number of benzene rings is 2. The maximum atomic E-state index is 13.9. The molecule has 2 atom stereocenters. The zero-order valence-corrected chi connectivity index (χ0v) is 20.4. The second-order valence-electron chi connectivity index (χ2n) is 9.53. The van der Waals surface area contributed by atoms with Gasteiger partial charge in [-0.3, -0.25) is 9.79 Å². The van der Waals surface area contributed by atoms with Gasteiger partial charge in [0.25, 0.3) is 0 Å². The third-order valence-electron chi connectivity index (χ3n) is 6.27. The minimum absolute atomic E-state index is 0.0374. The van der Waals surface area contributed by atoms with Crippen molar-refractivity contribution in [1.82, 2.24) is 4.98 Å². The Morgan fingerprint density at radius 3 is 2.65 bits per heavy atom. The summed E-state index contributed by atoms with van der Waals surface area (Å²) in [6.45, 7) is 3.53. The fourth-order valence-electron chi connectivity index (χ4n) is 4.35.